The zero-order valence-corrected chi connectivity index (χ0v) is 17.6. The number of amides is 2. The van der Waals surface area contributed by atoms with Crippen molar-refractivity contribution in [1.29, 1.82) is 0 Å². The molecule has 0 aliphatic rings. The maximum atomic E-state index is 12.1. The second kappa shape index (κ2) is 11.0. The molecule has 4 N–H and O–H groups in total. The SMILES string of the molecule is CCNC(=NCC(=O)NC(C)(C)C)NCCNC(=O)c1ccc(Cl)c(Cl)c1. The molecule has 9 heteroatoms. The van der Waals surface area contributed by atoms with Gasteiger partial charge < -0.3 is 21.3 Å². The van der Waals surface area contributed by atoms with Crippen LogP contribution in [-0.2, 0) is 4.79 Å². The van der Waals surface area contributed by atoms with Crippen molar-refractivity contribution in [1.82, 2.24) is 21.3 Å². The lowest BCUT2D eigenvalue weighted by atomic mass is 10.1. The molecular weight excluding hydrogens is 389 g/mol. The molecule has 0 aliphatic heterocycles. The first kappa shape index (κ1) is 23.0. The van der Waals surface area contributed by atoms with Crippen LogP contribution < -0.4 is 21.3 Å². The molecule has 7 nitrogen and oxygen atoms in total. The van der Waals surface area contributed by atoms with E-state index < -0.39 is 0 Å². The summed E-state index contributed by atoms with van der Waals surface area (Å²) in [5, 5.41) is 12.5. The summed E-state index contributed by atoms with van der Waals surface area (Å²) in [6.07, 6.45) is 0. The van der Waals surface area contributed by atoms with Gasteiger partial charge in [0.05, 0.1) is 10.0 Å². The first-order chi connectivity index (χ1) is 12.6. The van der Waals surface area contributed by atoms with Crippen molar-refractivity contribution < 1.29 is 9.59 Å². The zero-order valence-electron chi connectivity index (χ0n) is 16.1. The van der Waals surface area contributed by atoms with Gasteiger partial charge in [-0.2, -0.15) is 0 Å². The minimum absolute atomic E-state index is 0.0161. The predicted molar refractivity (Wildman–Crippen MR) is 111 cm³/mol. The number of aliphatic imine (C=N–C) groups is 1. The van der Waals surface area contributed by atoms with Gasteiger partial charge in [-0.15, -0.1) is 0 Å². The Balaban J connectivity index is 2.45. The quantitative estimate of drug-likeness (QED) is 0.311. The molecule has 0 radical (unpaired) electrons. The number of rotatable bonds is 7. The largest absolute Gasteiger partial charge is 0.357 e. The van der Waals surface area contributed by atoms with Gasteiger partial charge in [-0.3, -0.25) is 9.59 Å². The molecule has 0 saturated heterocycles. The highest BCUT2D eigenvalue weighted by molar-refractivity contribution is 6.42. The summed E-state index contributed by atoms with van der Waals surface area (Å²) >= 11 is 11.8. The van der Waals surface area contributed by atoms with Crippen LogP contribution in [0.5, 0.6) is 0 Å². The number of benzene rings is 1. The van der Waals surface area contributed by atoms with Gasteiger partial charge in [0.2, 0.25) is 5.91 Å². The molecule has 0 heterocycles. The van der Waals surface area contributed by atoms with Gasteiger partial charge in [0.25, 0.3) is 5.91 Å². The fourth-order valence-corrected chi connectivity index (χ4v) is 2.34. The van der Waals surface area contributed by atoms with Gasteiger partial charge in [0.1, 0.15) is 6.54 Å². The lowest BCUT2D eigenvalue weighted by molar-refractivity contribution is -0.121. The molecule has 150 valence electrons. The van der Waals surface area contributed by atoms with Crippen molar-refractivity contribution in [3.05, 3.63) is 33.8 Å². The van der Waals surface area contributed by atoms with E-state index in [0.29, 0.717) is 41.2 Å². The Morgan fingerprint density at radius 1 is 1.04 bits per heavy atom. The summed E-state index contributed by atoms with van der Waals surface area (Å²) in [7, 11) is 0. The summed E-state index contributed by atoms with van der Waals surface area (Å²) in [5.41, 5.74) is 0.136. The lowest BCUT2D eigenvalue weighted by Gasteiger charge is -2.20. The molecular formula is C18H27Cl2N5O2. The number of carbonyl (C=O) groups is 2. The van der Waals surface area contributed by atoms with Crippen LogP contribution in [0.2, 0.25) is 10.0 Å². The van der Waals surface area contributed by atoms with Crippen molar-refractivity contribution in [2.45, 2.75) is 33.2 Å². The Labute approximate surface area is 170 Å². The van der Waals surface area contributed by atoms with Crippen molar-refractivity contribution >= 4 is 41.0 Å². The highest BCUT2D eigenvalue weighted by atomic mass is 35.5. The predicted octanol–water partition coefficient (Wildman–Crippen LogP) is 2.19. The minimum Gasteiger partial charge on any atom is -0.357 e. The van der Waals surface area contributed by atoms with Crippen molar-refractivity contribution in [2.24, 2.45) is 4.99 Å². The molecule has 0 spiro atoms. The maximum Gasteiger partial charge on any atom is 0.251 e. The topological polar surface area (TPSA) is 94.6 Å². The Morgan fingerprint density at radius 2 is 1.70 bits per heavy atom. The number of nitrogens with one attached hydrogen (secondary N) is 4. The molecule has 1 aromatic rings. The summed E-state index contributed by atoms with van der Waals surface area (Å²) in [4.78, 5) is 28.2. The van der Waals surface area contributed by atoms with Gasteiger partial charge in [-0.05, 0) is 45.9 Å². The smallest absolute Gasteiger partial charge is 0.251 e. The highest BCUT2D eigenvalue weighted by Crippen LogP contribution is 2.22. The minimum atomic E-state index is -0.298. The van der Waals surface area contributed by atoms with Gasteiger partial charge in [0.15, 0.2) is 5.96 Å². The Morgan fingerprint density at radius 3 is 2.30 bits per heavy atom. The number of carbonyl (C=O) groups excluding carboxylic acids is 2. The number of nitrogens with zero attached hydrogens (tertiary/aromatic N) is 1. The van der Waals surface area contributed by atoms with E-state index in [9.17, 15) is 9.59 Å². The summed E-state index contributed by atoms with van der Waals surface area (Å²) in [6, 6.07) is 4.71. The Hall–Kier alpha value is -1.99. The molecule has 0 unspecified atom stereocenters. The molecule has 0 atom stereocenters. The van der Waals surface area contributed by atoms with E-state index in [2.05, 4.69) is 26.3 Å². The van der Waals surface area contributed by atoms with E-state index in [1.54, 1.807) is 12.1 Å². The standard InChI is InChI=1S/C18H27Cl2N5O2/c1-5-21-17(24-11-15(26)25-18(2,3)4)23-9-8-22-16(27)12-6-7-13(19)14(20)10-12/h6-7,10H,5,8-9,11H2,1-4H3,(H,22,27)(H,25,26)(H2,21,23,24). The average molecular weight is 416 g/mol. The van der Waals surface area contributed by atoms with Crippen LogP contribution in [-0.4, -0.2) is 49.5 Å². The normalized spacial score (nSPS) is 11.7. The number of hydrogen-bond donors (Lipinski definition) is 4. The van der Waals surface area contributed by atoms with Crippen LogP contribution in [0.25, 0.3) is 0 Å². The third-order valence-corrected chi connectivity index (χ3v) is 3.86. The third-order valence-electron chi connectivity index (χ3n) is 3.12. The first-order valence-corrected chi connectivity index (χ1v) is 9.44. The van der Waals surface area contributed by atoms with E-state index in [-0.39, 0.29) is 23.9 Å². The zero-order chi connectivity index (χ0) is 20.4. The molecule has 0 fully saturated rings. The molecule has 0 aromatic heterocycles. The molecule has 0 bridgehead atoms. The van der Waals surface area contributed by atoms with Crippen LogP contribution in [0.3, 0.4) is 0 Å². The maximum absolute atomic E-state index is 12.1. The Kier molecular flexibility index (Phi) is 9.38. The molecule has 1 rings (SSSR count). The van der Waals surface area contributed by atoms with Crippen LogP contribution in [0.15, 0.2) is 23.2 Å². The monoisotopic (exact) mass is 415 g/mol. The molecule has 0 saturated carbocycles. The Bertz CT molecular complexity index is 687. The molecule has 1 aromatic carbocycles. The molecule has 27 heavy (non-hydrogen) atoms. The van der Waals surface area contributed by atoms with Gasteiger partial charge in [0, 0.05) is 30.7 Å². The van der Waals surface area contributed by atoms with Crippen molar-refractivity contribution in [3.63, 3.8) is 0 Å². The van der Waals surface area contributed by atoms with Crippen LogP contribution >= 0.6 is 23.2 Å². The average Bonchev–Trinajstić information content (AvgIpc) is 2.57. The van der Waals surface area contributed by atoms with Crippen LogP contribution in [0.1, 0.15) is 38.1 Å². The third kappa shape index (κ3) is 9.49. The highest BCUT2D eigenvalue weighted by Gasteiger charge is 2.13. The lowest BCUT2D eigenvalue weighted by Crippen LogP contribution is -2.44. The van der Waals surface area contributed by atoms with Crippen molar-refractivity contribution in [3.8, 4) is 0 Å². The summed E-state index contributed by atoms with van der Waals surface area (Å²) in [5.74, 6) is 0.0971. The van der Waals surface area contributed by atoms with E-state index in [0.717, 1.165) is 0 Å². The summed E-state index contributed by atoms with van der Waals surface area (Å²) < 4.78 is 0. The molecule has 0 aliphatic carbocycles. The number of guanidine groups is 1. The summed E-state index contributed by atoms with van der Waals surface area (Å²) in [6.45, 7) is 9.15. The van der Waals surface area contributed by atoms with Gasteiger partial charge in [-0.25, -0.2) is 4.99 Å². The second-order valence-electron chi connectivity index (χ2n) is 6.80. The van der Waals surface area contributed by atoms with Gasteiger partial charge >= 0.3 is 0 Å². The van der Waals surface area contributed by atoms with E-state index in [4.69, 9.17) is 23.2 Å². The first-order valence-electron chi connectivity index (χ1n) is 8.69. The van der Waals surface area contributed by atoms with E-state index >= 15 is 0 Å². The fourth-order valence-electron chi connectivity index (χ4n) is 2.05. The van der Waals surface area contributed by atoms with Crippen molar-refractivity contribution in [2.75, 3.05) is 26.2 Å². The second-order valence-corrected chi connectivity index (χ2v) is 7.62. The van der Waals surface area contributed by atoms with Crippen LogP contribution in [0.4, 0.5) is 0 Å². The van der Waals surface area contributed by atoms with E-state index in [1.807, 2.05) is 27.7 Å². The van der Waals surface area contributed by atoms with Crippen LogP contribution in [0, 0.1) is 0 Å². The number of hydrogen-bond acceptors (Lipinski definition) is 3. The molecule has 2 amide bonds. The van der Waals surface area contributed by atoms with E-state index in [1.165, 1.54) is 6.07 Å². The fraction of sp³-hybridized carbons (Fsp3) is 0.500. The van der Waals surface area contributed by atoms with Gasteiger partial charge in [-0.1, -0.05) is 23.2 Å². The number of halogens is 2.